The van der Waals surface area contributed by atoms with Crippen LogP contribution in [0.2, 0.25) is 0 Å². The second kappa shape index (κ2) is 7.50. The molecule has 0 bridgehead atoms. The molecule has 18 heavy (non-hydrogen) atoms. The molecular weight excluding hydrogens is 226 g/mol. The summed E-state index contributed by atoms with van der Waals surface area (Å²) < 4.78 is 5.40. The molecule has 0 radical (unpaired) electrons. The summed E-state index contributed by atoms with van der Waals surface area (Å²) in [5.74, 6) is 0.413. The number of hydrogen-bond donors (Lipinski definition) is 2. The third-order valence-electron chi connectivity index (χ3n) is 2.45. The minimum atomic E-state index is -0.0728. The molecule has 0 spiro atoms. The maximum atomic E-state index is 5.75. The molecule has 1 aromatic carbocycles. The van der Waals surface area contributed by atoms with E-state index < -0.39 is 0 Å². The van der Waals surface area contributed by atoms with E-state index in [0.717, 1.165) is 11.1 Å². The first-order valence-electron chi connectivity index (χ1n) is 5.89. The lowest BCUT2D eigenvalue weighted by molar-refractivity contribution is 0.111. The van der Waals surface area contributed by atoms with E-state index >= 15 is 0 Å². The minimum Gasteiger partial charge on any atom is -0.375 e. The monoisotopic (exact) mass is 247 g/mol. The van der Waals surface area contributed by atoms with E-state index in [1.54, 1.807) is 7.11 Å². The molecule has 1 atom stereocenters. The van der Waals surface area contributed by atoms with Crippen LogP contribution in [0.3, 0.4) is 0 Å². The van der Waals surface area contributed by atoms with Gasteiger partial charge in [-0.15, -0.1) is 0 Å². The molecule has 3 N–H and O–H groups in total. The molecule has 4 heteroatoms. The van der Waals surface area contributed by atoms with Gasteiger partial charge in [-0.2, -0.15) is 0 Å². The van der Waals surface area contributed by atoms with Crippen LogP contribution >= 0.6 is 0 Å². The summed E-state index contributed by atoms with van der Waals surface area (Å²) in [4.78, 5) is 4.26. The predicted octanol–water partition coefficient (Wildman–Crippen LogP) is 1.85. The van der Waals surface area contributed by atoms with Crippen LogP contribution in [-0.2, 0) is 4.74 Å². The Labute approximate surface area is 109 Å². The molecule has 0 heterocycles. The Morgan fingerprint density at radius 1 is 1.44 bits per heavy atom. The highest BCUT2D eigenvalue weighted by Crippen LogP contribution is 2.15. The molecule has 0 amide bonds. The van der Waals surface area contributed by atoms with Crippen LogP contribution in [-0.4, -0.2) is 26.2 Å². The van der Waals surface area contributed by atoms with Crippen molar-refractivity contribution in [3.8, 4) is 0 Å². The Morgan fingerprint density at radius 2 is 2.11 bits per heavy atom. The van der Waals surface area contributed by atoms with Crippen LogP contribution in [0, 0.1) is 0 Å². The number of nitrogens with zero attached hydrogens (tertiary/aromatic N) is 1. The van der Waals surface area contributed by atoms with Crippen LogP contribution in [0.1, 0.15) is 18.6 Å². The van der Waals surface area contributed by atoms with Gasteiger partial charge in [0.05, 0.1) is 6.54 Å². The van der Waals surface area contributed by atoms with E-state index in [4.69, 9.17) is 10.5 Å². The first kappa shape index (κ1) is 14.3. The number of hydrogen-bond acceptors (Lipinski definition) is 2. The zero-order valence-corrected chi connectivity index (χ0v) is 11.0. The summed E-state index contributed by atoms with van der Waals surface area (Å²) in [7, 11) is 1.67. The quantitative estimate of drug-likeness (QED) is 0.458. The van der Waals surface area contributed by atoms with Crippen molar-refractivity contribution in [2.45, 2.75) is 13.0 Å². The Kier molecular flexibility index (Phi) is 5.94. The largest absolute Gasteiger partial charge is 0.375 e. The van der Waals surface area contributed by atoms with Gasteiger partial charge in [-0.05, 0) is 12.5 Å². The molecule has 0 aromatic heterocycles. The number of nitrogens with two attached hydrogens (primary N) is 1. The zero-order chi connectivity index (χ0) is 13.4. The maximum Gasteiger partial charge on any atom is 0.188 e. The number of rotatable bonds is 6. The number of guanidine groups is 1. The van der Waals surface area contributed by atoms with Gasteiger partial charge in [-0.25, -0.2) is 0 Å². The van der Waals surface area contributed by atoms with Crippen LogP contribution in [0.15, 0.2) is 47.5 Å². The average molecular weight is 247 g/mol. The predicted molar refractivity (Wildman–Crippen MR) is 75.5 cm³/mol. The summed E-state index contributed by atoms with van der Waals surface area (Å²) in [6.07, 6.45) is -0.0728. The normalized spacial score (nSPS) is 13.1. The van der Waals surface area contributed by atoms with Crippen LogP contribution < -0.4 is 11.1 Å². The van der Waals surface area contributed by atoms with Gasteiger partial charge >= 0.3 is 0 Å². The van der Waals surface area contributed by atoms with Gasteiger partial charge in [0.25, 0.3) is 0 Å². The van der Waals surface area contributed by atoms with E-state index in [9.17, 15) is 0 Å². The second-order valence-corrected chi connectivity index (χ2v) is 4.17. The number of aliphatic imine (C=N–C) groups is 1. The van der Waals surface area contributed by atoms with Crippen molar-refractivity contribution in [2.75, 3.05) is 20.2 Å². The molecule has 1 unspecified atom stereocenters. The van der Waals surface area contributed by atoms with Gasteiger partial charge in [0.2, 0.25) is 0 Å². The molecule has 0 aliphatic carbocycles. The Morgan fingerprint density at radius 3 is 2.67 bits per heavy atom. The molecule has 98 valence electrons. The molecule has 1 rings (SSSR count). The lowest BCUT2D eigenvalue weighted by Crippen LogP contribution is -2.33. The minimum absolute atomic E-state index is 0.0728. The van der Waals surface area contributed by atoms with Gasteiger partial charge in [0.1, 0.15) is 6.10 Å². The van der Waals surface area contributed by atoms with Crippen LogP contribution in [0.5, 0.6) is 0 Å². The van der Waals surface area contributed by atoms with Crippen LogP contribution in [0.4, 0.5) is 0 Å². The van der Waals surface area contributed by atoms with Crippen molar-refractivity contribution < 1.29 is 4.74 Å². The van der Waals surface area contributed by atoms with Gasteiger partial charge in [0, 0.05) is 13.7 Å². The highest BCUT2D eigenvalue weighted by molar-refractivity contribution is 5.78. The highest BCUT2D eigenvalue weighted by Gasteiger charge is 2.08. The smallest absolute Gasteiger partial charge is 0.188 e. The second-order valence-electron chi connectivity index (χ2n) is 4.17. The van der Waals surface area contributed by atoms with Crippen molar-refractivity contribution in [1.29, 1.82) is 0 Å². The van der Waals surface area contributed by atoms with Gasteiger partial charge in [0.15, 0.2) is 5.96 Å². The zero-order valence-electron chi connectivity index (χ0n) is 11.0. The van der Waals surface area contributed by atoms with Crippen molar-refractivity contribution >= 4 is 5.96 Å². The van der Waals surface area contributed by atoms with Gasteiger partial charge in [-0.3, -0.25) is 4.99 Å². The molecular formula is C14H21N3O. The van der Waals surface area contributed by atoms with E-state index in [1.165, 1.54) is 0 Å². The topological polar surface area (TPSA) is 59.6 Å². The lowest BCUT2D eigenvalue weighted by atomic mass is 10.1. The van der Waals surface area contributed by atoms with E-state index in [0.29, 0.717) is 19.0 Å². The summed E-state index contributed by atoms with van der Waals surface area (Å²) in [5.41, 5.74) is 7.85. The highest BCUT2D eigenvalue weighted by atomic mass is 16.5. The summed E-state index contributed by atoms with van der Waals surface area (Å²) in [6.45, 7) is 6.85. The Hall–Kier alpha value is -1.81. The van der Waals surface area contributed by atoms with Crippen LogP contribution in [0.25, 0.3) is 0 Å². The third kappa shape index (κ3) is 5.01. The first-order chi connectivity index (χ1) is 8.63. The number of nitrogens with one attached hydrogen (secondary N) is 1. The van der Waals surface area contributed by atoms with Gasteiger partial charge in [-0.1, -0.05) is 42.5 Å². The number of benzene rings is 1. The molecule has 0 saturated heterocycles. The van der Waals surface area contributed by atoms with E-state index in [2.05, 4.69) is 16.9 Å². The Bertz CT molecular complexity index is 401. The number of methoxy groups -OCH3 is 1. The third-order valence-corrected chi connectivity index (χ3v) is 2.45. The van der Waals surface area contributed by atoms with Crippen molar-refractivity contribution in [3.63, 3.8) is 0 Å². The maximum absolute atomic E-state index is 5.75. The summed E-state index contributed by atoms with van der Waals surface area (Å²) in [6, 6.07) is 9.96. The average Bonchev–Trinajstić information content (AvgIpc) is 2.38. The standard InChI is InChI=1S/C14H21N3O/c1-11(2)9-16-14(15)17-10-13(18-3)12-7-5-4-6-8-12/h4-8,13H,1,9-10H2,2-3H3,(H3,15,16,17). The molecule has 0 aliphatic rings. The molecule has 1 aromatic rings. The SMILES string of the molecule is C=C(C)CNC(N)=NCC(OC)c1ccccc1. The van der Waals surface area contributed by atoms with E-state index in [-0.39, 0.29) is 6.10 Å². The molecule has 4 nitrogen and oxygen atoms in total. The Balaban J connectivity index is 2.54. The van der Waals surface area contributed by atoms with E-state index in [1.807, 2.05) is 37.3 Å². The summed E-state index contributed by atoms with van der Waals surface area (Å²) >= 11 is 0. The summed E-state index contributed by atoms with van der Waals surface area (Å²) in [5, 5.41) is 2.99. The van der Waals surface area contributed by atoms with Crippen molar-refractivity contribution in [1.82, 2.24) is 5.32 Å². The lowest BCUT2D eigenvalue weighted by Gasteiger charge is -2.14. The fourth-order valence-electron chi connectivity index (χ4n) is 1.46. The fourth-order valence-corrected chi connectivity index (χ4v) is 1.46. The first-order valence-corrected chi connectivity index (χ1v) is 5.89. The molecule has 0 saturated carbocycles. The fraction of sp³-hybridized carbons (Fsp3) is 0.357. The molecule has 0 fully saturated rings. The van der Waals surface area contributed by atoms with Crippen molar-refractivity contribution in [3.05, 3.63) is 48.0 Å². The molecule has 0 aliphatic heterocycles. The number of ether oxygens (including phenoxy) is 1. The van der Waals surface area contributed by atoms with Gasteiger partial charge < -0.3 is 15.8 Å². The van der Waals surface area contributed by atoms with Crippen molar-refractivity contribution in [2.24, 2.45) is 10.7 Å².